The molecule has 0 N–H and O–H groups in total. The van der Waals surface area contributed by atoms with Gasteiger partial charge in [-0.1, -0.05) is 6.92 Å². The molecule has 0 spiro atoms. The van der Waals surface area contributed by atoms with Gasteiger partial charge in [0.2, 0.25) is 0 Å². The number of likely N-dealkylation sites (tertiary alicyclic amines) is 3. The molecule has 3 heterocycles. The molecule has 0 aromatic rings. The second kappa shape index (κ2) is 5.70. The summed E-state index contributed by atoms with van der Waals surface area (Å²) < 4.78 is 0. The lowest BCUT2D eigenvalue weighted by atomic mass is 10.1. The van der Waals surface area contributed by atoms with Gasteiger partial charge in [-0.3, -0.25) is 0 Å². The van der Waals surface area contributed by atoms with Gasteiger partial charge in [0.15, 0.2) is 0 Å². The second-order valence-corrected chi connectivity index (χ2v) is 6.73. The van der Waals surface area contributed by atoms with Crippen LogP contribution in [0.1, 0.15) is 32.6 Å². The zero-order valence-corrected chi connectivity index (χ0v) is 12.2. The van der Waals surface area contributed by atoms with Crippen LogP contribution in [-0.2, 0) is 0 Å². The quantitative estimate of drug-likeness (QED) is 0.762. The highest BCUT2D eigenvalue weighted by Crippen LogP contribution is 2.23. The van der Waals surface area contributed by atoms with Gasteiger partial charge >= 0.3 is 6.03 Å². The maximum absolute atomic E-state index is 12.4. The molecule has 19 heavy (non-hydrogen) atoms. The van der Waals surface area contributed by atoms with E-state index < -0.39 is 0 Å². The van der Waals surface area contributed by atoms with E-state index in [9.17, 15) is 4.79 Å². The highest BCUT2D eigenvalue weighted by molar-refractivity contribution is 5.75. The Kier molecular flexibility index (Phi) is 3.96. The molecule has 108 valence electrons. The Bertz CT molecular complexity index is 327. The fraction of sp³-hybridized carbons (Fsp3) is 0.933. The molecular formula is C15H27N3O. The van der Waals surface area contributed by atoms with Crippen LogP contribution in [0.5, 0.6) is 0 Å². The Balaban J connectivity index is 1.46. The first-order valence-electron chi connectivity index (χ1n) is 7.98. The first-order valence-corrected chi connectivity index (χ1v) is 7.98. The van der Waals surface area contributed by atoms with Crippen LogP contribution in [0, 0.1) is 11.8 Å². The van der Waals surface area contributed by atoms with Crippen LogP contribution < -0.4 is 0 Å². The van der Waals surface area contributed by atoms with Gasteiger partial charge in [-0.2, -0.15) is 0 Å². The summed E-state index contributed by atoms with van der Waals surface area (Å²) in [5, 5.41) is 0. The van der Waals surface area contributed by atoms with Crippen LogP contribution in [0.25, 0.3) is 0 Å². The van der Waals surface area contributed by atoms with Crippen molar-refractivity contribution in [2.75, 3.05) is 45.8 Å². The third kappa shape index (κ3) is 3.04. The molecule has 0 aromatic heterocycles. The molecule has 2 atom stereocenters. The summed E-state index contributed by atoms with van der Waals surface area (Å²) in [7, 11) is 0. The number of nitrogens with zero attached hydrogens (tertiary/aromatic N) is 3. The molecule has 3 aliphatic rings. The standard InChI is InChI=1S/C15H27N3O/c1-13-4-8-17(10-13)15(19)18-9-5-14(12-18)11-16-6-2-3-7-16/h13-14H,2-12H2,1H3. The maximum atomic E-state index is 12.4. The van der Waals surface area contributed by atoms with E-state index in [1.54, 1.807) is 0 Å². The minimum Gasteiger partial charge on any atom is -0.324 e. The predicted molar refractivity (Wildman–Crippen MR) is 76.1 cm³/mol. The fourth-order valence-electron chi connectivity index (χ4n) is 3.79. The molecule has 4 heteroatoms. The van der Waals surface area contributed by atoms with Crippen LogP contribution in [-0.4, -0.2) is 66.5 Å². The Morgan fingerprint density at radius 2 is 1.68 bits per heavy atom. The Labute approximate surface area is 116 Å². The summed E-state index contributed by atoms with van der Waals surface area (Å²) in [6.07, 6.45) is 5.10. The van der Waals surface area contributed by atoms with Gasteiger partial charge in [0.25, 0.3) is 0 Å². The molecule has 2 unspecified atom stereocenters. The van der Waals surface area contributed by atoms with Crippen LogP contribution in [0.2, 0.25) is 0 Å². The predicted octanol–water partition coefficient (Wildman–Crippen LogP) is 1.87. The molecule has 2 amide bonds. The number of urea groups is 1. The Morgan fingerprint density at radius 3 is 2.37 bits per heavy atom. The maximum Gasteiger partial charge on any atom is 0.320 e. The van der Waals surface area contributed by atoms with E-state index in [2.05, 4.69) is 21.6 Å². The van der Waals surface area contributed by atoms with Crippen molar-refractivity contribution in [1.82, 2.24) is 14.7 Å². The van der Waals surface area contributed by atoms with Crippen LogP contribution in [0.3, 0.4) is 0 Å². The second-order valence-electron chi connectivity index (χ2n) is 6.73. The Morgan fingerprint density at radius 1 is 1.00 bits per heavy atom. The van der Waals surface area contributed by atoms with Crippen molar-refractivity contribution in [1.29, 1.82) is 0 Å². The number of hydrogen-bond acceptors (Lipinski definition) is 2. The average molecular weight is 265 g/mol. The molecule has 0 saturated carbocycles. The van der Waals surface area contributed by atoms with Gasteiger partial charge in [-0.15, -0.1) is 0 Å². The van der Waals surface area contributed by atoms with Gasteiger partial charge in [0, 0.05) is 32.7 Å². The Hall–Kier alpha value is -0.770. The number of hydrogen-bond donors (Lipinski definition) is 0. The van der Waals surface area contributed by atoms with Crippen LogP contribution in [0.15, 0.2) is 0 Å². The summed E-state index contributed by atoms with van der Waals surface area (Å²) in [4.78, 5) is 19.1. The minimum absolute atomic E-state index is 0.299. The summed E-state index contributed by atoms with van der Waals surface area (Å²) >= 11 is 0. The smallest absolute Gasteiger partial charge is 0.320 e. The van der Waals surface area contributed by atoms with E-state index in [4.69, 9.17) is 0 Å². The van der Waals surface area contributed by atoms with Gasteiger partial charge in [-0.25, -0.2) is 4.79 Å². The first-order chi connectivity index (χ1) is 9.22. The van der Waals surface area contributed by atoms with Gasteiger partial charge < -0.3 is 14.7 Å². The molecule has 3 fully saturated rings. The van der Waals surface area contributed by atoms with E-state index in [1.165, 1.54) is 45.3 Å². The summed E-state index contributed by atoms with van der Waals surface area (Å²) in [5.41, 5.74) is 0. The zero-order chi connectivity index (χ0) is 13.2. The van der Waals surface area contributed by atoms with Crippen molar-refractivity contribution in [2.45, 2.75) is 32.6 Å². The molecule has 3 rings (SSSR count). The van der Waals surface area contributed by atoms with Gasteiger partial charge in [0.05, 0.1) is 0 Å². The molecule has 0 bridgehead atoms. The third-order valence-corrected chi connectivity index (χ3v) is 4.97. The van der Waals surface area contributed by atoms with Crippen molar-refractivity contribution in [3.8, 4) is 0 Å². The van der Waals surface area contributed by atoms with Crippen LogP contribution >= 0.6 is 0 Å². The van der Waals surface area contributed by atoms with E-state index in [-0.39, 0.29) is 0 Å². The minimum atomic E-state index is 0.299. The molecule has 3 aliphatic heterocycles. The number of carbonyl (C=O) groups excluding carboxylic acids is 1. The lowest BCUT2D eigenvalue weighted by Gasteiger charge is -2.25. The van der Waals surface area contributed by atoms with E-state index >= 15 is 0 Å². The fourth-order valence-corrected chi connectivity index (χ4v) is 3.79. The third-order valence-electron chi connectivity index (χ3n) is 4.97. The lowest BCUT2D eigenvalue weighted by molar-refractivity contribution is 0.168. The van der Waals surface area contributed by atoms with Crippen molar-refractivity contribution in [3.05, 3.63) is 0 Å². The topological polar surface area (TPSA) is 26.8 Å². The average Bonchev–Trinajstić information content (AvgIpc) is 3.10. The number of rotatable bonds is 2. The van der Waals surface area contributed by atoms with E-state index in [0.717, 1.165) is 26.2 Å². The summed E-state index contributed by atoms with van der Waals surface area (Å²) in [6, 6.07) is 0.299. The highest BCUT2D eigenvalue weighted by Gasteiger charge is 2.32. The van der Waals surface area contributed by atoms with Gasteiger partial charge in [0.1, 0.15) is 0 Å². The summed E-state index contributed by atoms with van der Waals surface area (Å²) in [6.45, 7) is 9.89. The highest BCUT2D eigenvalue weighted by atomic mass is 16.2. The lowest BCUT2D eigenvalue weighted by Crippen LogP contribution is -2.41. The first kappa shape index (κ1) is 13.2. The number of carbonyl (C=O) groups is 1. The molecule has 0 aliphatic carbocycles. The van der Waals surface area contributed by atoms with Crippen molar-refractivity contribution < 1.29 is 4.79 Å². The molecule has 0 aromatic carbocycles. The van der Waals surface area contributed by atoms with Gasteiger partial charge in [-0.05, 0) is 50.6 Å². The molecular weight excluding hydrogens is 238 g/mol. The van der Waals surface area contributed by atoms with Crippen molar-refractivity contribution >= 4 is 6.03 Å². The van der Waals surface area contributed by atoms with Crippen molar-refractivity contribution in [3.63, 3.8) is 0 Å². The molecule has 3 saturated heterocycles. The normalized spacial score (nSPS) is 32.5. The molecule has 0 radical (unpaired) electrons. The largest absolute Gasteiger partial charge is 0.324 e. The number of amides is 2. The van der Waals surface area contributed by atoms with Crippen molar-refractivity contribution in [2.24, 2.45) is 11.8 Å². The van der Waals surface area contributed by atoms with E-state index in [0.29, 0.717) is 17.9 Å². The van der Waals surface area contributed by atoms with Crippen LogP contribution in [0.4, 0.5) is 4.79 Å². The monoisotopic (exact) mass is 265 g/mol. The van der Waals surface area contributed by atoms with E-state index in [1.807, 2.05) is 0 Å². The zero-order valence-electron chi connectivity index (χ0n) is 12.2. The SMILES string of the molecule is CC1CCN(C(=O)N2CCC(CN3CCCC3)C2)C1. The molecule has 4 nitrogen and oxygen atoms in total. The summed E-state index contributed by atoms with van der Waals surface area (Å²) in [5.74, 6) is 1.40.